The van der Waals surface area contributed by atoms with Crippen LogP contribution in [-0.4, -0.2) is 50.3 Å². The van der Waals surface area contributed by atoms with Crippen LogP contribution >= 0.6 is 0 Å². The number of rotatable bonds is 2. The van der Waals surface area contributed by atoms with Crippen LogP contribution in [0, 0.1) is 0 Å². The molecule has 2 unspecified atom stereocenters. The van der Waals surface area contributed by atoms with Crippen LogP contribution in [0.4, 0.5) is 0 Å². The molecule has 14 heavy (non-hydrogen) atoms. The standard InChI is InChI=1S/C11H22N2O/c1-14-11-5-8-13(9-11)10-3-2-6-12-7-4-10/h10-12H,2-9H2,1H3. The van der Waals surface area contributed by atoms with Crippen LogP contribution in [0.5, 0.6) is 0 Å². The van der Waals surface area contributed by atoms with E-state index in [0.29, 0.717) is 6.10 Å². The van der Waals surface area contributed by atoms with Crippen molar-refractivity contribution in [3.05, 3.63) is 0 Å². The Balaban J connectivity index is 1.82. The molecule has 0 aromatic rings. The lowest BCUT2D eigenvalue weighted by Crippen LogP contribution is -2.34. The molecule has 2 atom stereocenters. The number of nitrogens with zero attached hydrogens (tertiary/aromatic N) is 1. The Morgan fingerprint density at radius 2 is 2.14 bits per heavy atom. The molecule has 0 aliphatic carbocycles. The van der Waals surface area contributed by atoms with E-state index in [1.54, 1.807) is 0 Å². The van der Waals surface area contributed by atoms with Crippen LogP contribution in [0.25, 0.3) is 0 Å². The molecule has 0 spiro atoms. The Labute approximate surface area is 86.8 Å². The maximum absolute atomic E-state index is 5.41. The SMILES string of the molecule is COC1CCN(C2CCCNCC2)C1. The summed E-state index contributed by atoms with van der Waals surface area (Å²) in [5.74, 6) is 0. The summed E-state index contributed by atoms with van der Waals surface area (Å²) >= 11 is 0. The second-order valence-corrected chi connectivity index (χ2v) is 4.48. The van der Waals surface area contributed by atoms with Gasteiger partial charge in [0, 0.05) is 26.2 Å². The van der Waals surface area contributed by atoms with Gasteiger partial charge in [0.1, 0.15) is 0 Å². The number of ether oxygens (including phenoxy) is 1. The van der Waals surface area contributed by atoms with E-state index in [1.807, 2.05) is 7.11 Å². The Hall–Kier alpha value is -0.120. The van der Waals surface area contributed by atoms with Crippen molar-refractivity contribution in [2.75, 3.05) is 33.3 Å². The van der Waals surface area contributed by atoms with Gasteiger partial charge in [0.2, 0.25) is 0 Å². The number of methoxy groups -OCH3 is 1. The lowest BCUT2D eigenvalue weighted by atomic mass is 10.1. The van der Waals surface area contributed by atoms with Crippen molar-refractivity contribution in [3.8, 4) is 0 Å². The second-order valence-electron chi connectivity index (χ2n) is 4.48. The summed E-state index contributed by atoms with van der Waals surface area (Å²) in [5.41, 5.74) is 0. The van der Waals surface area contributed by atoms with E-state index in [9.17, 15) is 0 Å². The summed E-state index contributed by atoms with van der Waals surface area (Å²) in [6, 6.07) is 0.810. The third kappa shape index (κ3) is 2.47. The fraction of sp³-hybridized carbons (Fsp3) is 1.00. The highest BCUT2D eigenvalue weighted by Gasteiger charge is 2.28. The summed E-state index contributed by atoms with van der Waals surface area (Å²) in [7, 11) is 1.84. The van der Waals surface area contributed by atoms with Crippen LogP contribution in [-0.2, 0) is 4.74 Å². The normalized spacial score (nSPS) is 35.8. The minimum absolute atomic E-state index is 0.492. The minimum atomic E-state index is 0.492. The van der Waals surface area contributed by atoms with Gasteiger partial charge in [-0.05, 0) is 38.8 Å². The highest BCUT2D eigenvalue weighted by Crippen LogP contribution is 2.20. The highest BCUT2D eigenvalue weighted by molar-refractivity contribution is 4.83. The molecule has 82 valence electrons. The molecule has 0 saturated carbocycles. The molecule has 0 amide bonds. The molecule has 2 rings (SSSR count). The van der Waals surface area contributed by atoms with Gasteiger partial charge in [-0.2, -0.15) is 0 Å². The Morgan fingerprint density at radius 3 is 2.93 bits per heavy atom. The summed E-state index contributed by atoms with van der Waals surface area (Å²) in [6.07, 6.45) is 5.73. The molecule has 3 heteroatoms. The number of nitrogens with one attached hydrogen (secondary N) is 1. The minimum Gasteiger partial charge on any atom is -0.380 e. The van der Waals surface area contributed by atoms with Crippen LogP contribution < -0.4 is 5.32 Å². The van der Waals surface area contributed by atoms with E-state index < -0.39 is 0 Å². The summed E-state index contributed by atoms with van der Waals surface area (Å²) in [5, 5.41) is 3.47. The molecule has 1 N–H and O–H groups in total. The van der Waals surface area contributed by atoms with Crippen molar-refractivity contribution in [2.45, 2.75) is 37.8 Å². The van der Waals surface area contributed by atoms with Crippen molar-refractivity contribution >= 4 is 0 Å². The molecule has 0 aromatic carbocycles. The van der Waals surface area contributed by atoms with E-state index in [2.05, 4.69) is 10.2 Å². The predicted molar refractivity (Wildman–Crippen MR) is 57.5 cm³/mol. The van der Waals surface area contributed by atoms with Crippen LogP contribution in [0.1, 0.15) is 25.7 Å². The third-order valence-electron chi connectivity index (χ3n) is 3.57. The molecular formula is C11H22N2O. The van der Waals surface area contributed by atoms with Crippen LogP contribution in [0.3, 0.4) is 0 Å². The first-order valence-electron chi connectivity index (χ1n) is 5.87. The van der Waals surface area contributed by atoms with E-state index in [0.717, 1.165) is 12.6 Å². The zero-order chi connectivity index (χ0) is 9.80. The molecule has 0 bridgehead atoms. The average molecular weight is 198 g/mol. The van der Waals surface area contributed by atoms with E-state index in [-0.39, 0.29) is 0 Å². The smallest absolute Gasteiger partial charge is 0.0710 e. The Kier molecular flexibility index (Phi) is 3.79. The van der Waals surface area contributed by atoms with Crippen molar-refractivity contribution in [1.29, 1.82) is 0 Å². The van der Waals surface area contributed by atoms with E-state index in [1.165, 1.54) is 45.3 Å². The first-order valence-corrected chi connectivity index (χ1v) is 5.87. The van der Waals surface area contributed by atoms with E-state index in [4.69, 9.17) is 4.74 Å². The van der Waals surface area contributed by atoms with Gasteiger partial charge in [-0.15, -0.1) is 0 Å². The molecule has 3 nitrogen and oxygen atoms in total. The van der Waals surface area contributed by atoms with Crippen molar-refractivity contribution in [1.82, 2.24) is 10.2 Å². The van der Waals surface area contributed by atoms with Crippen molar-refractivity contribution in [2.24, 2.45) is 0 Å². The molecular weight excluding hydrogens is 176 g/mol. The van der Waals surface area contributed by atoms with Crippen molar-refractivity contribution in [3.63, 3.8) is 0 Å². The van der Waals surface area contributed by atoms with Gasteiger partial charge in [-0.1, -0.05) is 0 Å². The van der Waals surface area contributed by atoms with Gasteiger partial charge in [0.05, 0.1) is 6.10 Å². The number of likely N-dealkylation sites (tertiary alicyclic amines) is 1. The quantitative estimate of drug-likeness (QED) is 0.712. The Bertz CT molecular complexity index is 167. The zero-order valence-corrected chi connectivity index (χ0v) is 9.17. The lowest BCUT2D eigenvalue weighted by Gasteiger charge is -2.26. The molecule has 2 fully saturated rings. The van der Waals surface area contributed by atoms with Crippen LogP contribution in [0.15, 0.2) is 0 Å². The maximum atomic E-state index is 5.41. The first-order chi connectivity index (χ1) is 6.90. The molecule has 2 aliphatic heterocycles. The molecule has 2 heterocycles. The molecule has 0 aromatic heterocycles. The molecule has 0 radical (unpaired) electrons. The topological polar surface area (TPSA) is 24.5 Å². The summed E-state index contributed by atoms with van der Waals surface area (Å²) in [6.45, 7) is 4.79. The highest BCUT2D eigenvalue weighted by atomic mass is 16.5. The first kappa shape index (κ1) is 10.4. The maximum Gasteiger partial charge on any atom is 0.0710 e. The average Bonchev–Trinajstić information content (AvgIpc) is 2.53. The zero-order valence-electron chi connectivity index (χ0n) is 9.17. The lowest BCUT2D eigenvalue weighted by molar-refractivity contribution is 0.0992. The summed E-state index contributed by atoms with van der Waals surface area (Å²) in [4.78, 5) is 2.63. The summed E-state index contributed by atoms with van der Waals surface area (Å²) < 4.78 is 5.41. The monoisotopic (exact) mass is 198 g/mol. The Morgan fingerprint density at radius 1 is 1.21 bits per heavy atom. The third-order valence-corrected chi connectivity index (χ3v) is 3.57. The predicted octanol–water partition coefficient (Wildman–Crippen LogP) is 0.849. The van der Waals surface area contributed by atoms with Crippen molar-refractivity contribution < 1.29 is 4.74 Å². The van der Waals surface area contributed by atoms with Gasteiger partial charge < -0.3 is 10.1 Å². The van der Waals surface area contributed by atoms with Gasteiger partial charge in [0.25, 0.3) is 0 Å². The fourth-order valence-corrected chi connectivity index (χ4v) is 2.64. The molecule has 2 aliphatic rings. The largest absolute Gasteiger partial charge is 0.380 e. The van der Waals surface area contributed by atoms with Gasteiger partial charge in [-0.3, -0.25) is 4.90 Å². The van der Waals surface area contributed by atoms with Gasteiger partial charge >= 0.3 is 0 Å². The second kappa shape index (κ2) is 5.10. The number of hydrogen-bond acceptors (Lipinski definition) is 3. The van der Waals surface area contributed by atoms with Crippen LogP contribution in [0.2, 0.25) is 0 Å². The van der Waals surface area contributed by atoms with Gasteiger partial charge in [0.15, 0.2) is 0 Å². The van der Waals surface area contributed by atoms with E-state index >= 15 is 0 Å². The fourth-order valence-electron chi connectivity index (χ4n) is 2.64. The number of hydrogen-bond donors (Lipinski definition) is 1. The molecule has 2 saturated heterocycles. The van der Waals surface area contributed by atoms with Gasteiger partial charge in [-0.25, -0.2) is 0 Å².